The van der Waals surface area contributed by atoms with E-state index in [1.807, 2.05) is 48.5 Å². The molecular formula is C33H35N6+. The summed E-state index contributed by atoms with van der Waals surface area (Å²) in [5, 5.41) is 17.8. The van der Waals surface area contributed by atoms with Crippen molar-refractivity contribution in [2.24, 2.45) is 20.4 Å². The molecule has 6 nitrogen and oxygen atoms in total. The smallest absolute Gasteiger partial charge is 0.101 e. The molecule has 0 aliphatic heterocycles. The van der Waals surface area contributed by atoms with Gasteiger partial charge in [0.1, 0.15) is 5.71 Å². The van der Waals surface area contributed by atoms with E-state index in [0.717, 1.165) is 57.9 Å². The fraction of sp³-hybridized carbons (Fsp3) is 0.212. The number of quaternary nitrogens is 1. The van der Waals surface area contributed by atoms with E-state index in [-0.39, 0.29) is 0 Å². The zero-order chi connectivity index (χ0) is 27.2. The number of azo groups is 1. The number of anilines is 1. The first kappa shape index (κ1) is 26.2. The van der Waals surface area contributed by atoms with Crippen LogP contribution >= 0.6 is 0 Å². The third kappa shape index (κ3) is 6.36. The summed E-state index contributed by atoms with van der Waals surface area (Å²) in [4.78, 5) is 2.39. The molecule has 0 fully saturated rings. The van der Waals surface area contributed by atoms with Crippen LogP contribution in [0.1, 0.15) is 23.6 Å². The van der Waals surface area contributed by atoms with Gasteiger partial charge in [-0.1, -0.05) is 60.7 Å². The second-order valence-electron chi connectivity index (χ2n) is 10.7. The minimum atomic E-state index is 0.791. The van der Waals surface area contributed by atoms with E-state index in [9.17, 15) is 0 Å². The van der Waals surface area contributed by atoms with Crippen molar-refractivity contribution < 1.29 is 4.48 Å². The van der Waals surface area contributed by atoms with Crippen LogP contribution in [-0.2, 0) is 0 Å². The van der Waals surface area contributed by atoms with Crippen LogP contribution in [0.2, 0.25) is 0 Å². The van der Waals surface area contributed by atoms with Gasteiger partial charge in [-0.3, -0.25) is 0 Å². The number of rotatable bonds is 9. The largest absolute Gasteiger partial charge is 0.366 e. The molecule has 39 heavy (non-hydrogen) atoms. The summed E-state index contributed by atoms with van der Waals surface area (Å²) in [7, 11) is 6.67. The Morgan fingerprint density at radius 3 is 1.69 bits per heavy atom. The highest BCUT2D eigenvalue weighted by Gasteiger charge is 2.23. The molecule has 0 radical (unpaired) electrons. The summed E-state index contributed by atoms with van der Waals surface area (Å²) >= 11 is 0. The molecule has 0 unspecified atom stereocenters. The van der Waals surface area contributed by atoms with E-state index in [0.29, 0.717) is 0 Å². The maximum Gasteiger partial charge on any atom is 0.101 e. The second-order valence-corrected chi connectivity index (χ2v) is 10.7. The Kier molecular flexibility index (Phi) is 7.75. The third-order valence-electron chi connectivity index (χ3n) is 6.83. The molecule has 0 saturated carbocycles. The molecule has 0 spiro atoms. The summed E-state index contributed by atoms with van der Waals surface area (Å²) in [6, 6.07) is 32.8. The average molecular weight is 516 g/mol. The van der Waals surface area contributed by atoms with Crippen molar-refractivity contribution in [3.8, 4) is 11.1 Å². The van der Waals surface area contributed by atoms with E-state index in [1.165, 1.54) is 16.8 Å². The number of hydrogen-bond donors (Lipinski definition) is 0. The van der Waals surface area contributed by atoms with Crippen LogP contribution in [-0.4, -0.2) is 57.2 Å². The zero-order valence-electron chi connectivity index (χ0n) is 23.1. The van der Waals surface area contributed by atoms with Crippen molar-refractivity contribution in [1.82, 2.24) is 0 Å². The lowest BCUT2D eigenvalue weighted by molar-refractivity contribution is -0.868. The van der Waals surface area contributed by atoms with Crippen LogP contribution < -0.4 is 4.90 Å². The summed E-state index contributed by atoms with van der Waals surface area (Å²) in [5.41, 5.74) is 9.33. The molecule has 0 aromatic heterocycles. The van der Waals surface area contributed by atoms with Gasteiger partial charge in [0, 0.05) is 23.4 Å². The minimum absolute atomic E-state index is 0.791. The molecule has 1 aliphatic carbocycles. The molecule has 4 aromatic rings. The van der Waals surface area contributed by atoms with Gasteiger partial charge in [0.2, 0.25) is 0 Å². The molecule has 0 amide bonds. The lowest BCUT2D eigenvalue weighted by atomic mass is 10.1. The number of nitrogens with zero attached hydrogens (tertiary/aromatic N) is 6. The lowest BCUT2D eigenvalue weighted by Gasteiger charge is -2.29. The van der Waals surface area contributed by atoms with Crippen molar-refractivity contribution >= 4 is 29.0 Å². The van der Waals surface area contributed by atoms with E-state index in [2.05, 4.69) is 102 Å². The molecule has 0 N–H and O–H groups in total. The van der Waals surface area contributed by atoms with E-state index >= 15 is 0 Å². The molecule has 6 heteroatoms. The zero-order valence-corrected chi connectivity index (χ0v) is 23.1. The van der Waals surface area contributed by atoms with Gasteiger partial charge >= 0.3 is 0 Å². The number of hydrogen-bond acceptors (Lipinski definition) is 5. The predicted octanol–water partition coefficient (Wildman–Crippen LogP) is 7.49. The van der Waals surface area contributed by atoms with Gasteiger partial charge in [0.15, 0.2) is 0 Å². The Labute approximate surface area is 231 Å². The van der Waals surface area contributed by atoms with Crippen LogP contribution in [0.15, 0.2) is 117 Å². The number of benzene rings is 4. The first-order valence-electron chi connectivity index (χ1n) is 13.4. The Bertz CT molecular complexity index is 1460. The highest BCUT2D eigenvalue weighted by Crippen LogP contribution is 2.36. The second kappa shape index (κ2) is 11.5. The van der Waals surface area contributed by atoms with Gasteiger partial charge in [-0.05, 0) is 60.0 Å². The maximum atomic E-state index is 4.59. The normalized spacial score (nSPS) is 12.7. The monoisotopic (exact) mass is 515 g/mol. The van der Waals surface area contributed by atoms with Crippen molar-refractivity contribution in [3.63, 3.8) is 0 Å². The van der Waals surface area contributed by atoms with E-state index < -0.39 is 0 Å². The van der Waals surface area contributed by atoms with Gasteiger partial charge in [-0.25, -0.2) is 0 Å². The molecule has 4 aromatic carbocycles. The van der Waals surface area contributed by atoms with Gasteiger partial charge in [-0.15, -0.1) is 5.10 Å². The summed E-state index contributed by atoms with van der Waals surface area (Å²) in [5.74, 6) is 0. The van der Waals surface area contributed by atoms with Gasteiger partial charge in [0.25, 0.3) is 0 Å². The Morgan fingerprint density at radius 2 is 1.18 bits per heavy atom. The number of likely N-dealkylation sites (N-methyl/N-ethyl adjacent to an activating group) is 2. The fourth-order valence-corrected chi connectivity index (χ4v) is 4.62. The van der Waals surface area contributed by atoms with Crippen molar-refractivity contribution in [1.29, 1.82) is 0 Å². The summed E-state index contributed by atoms with van der Waals surface area (Å²) in [6.45, 7) is 5.27. The maximum absolute atomic E-state index is 4.59. The first-order valence-corrected chi connectivity index (χ1v) is 13.4. The average Bonchev–Trinajstić information content (AvgIpc) is 3.27. The summed E-state index contributed by atoms with van der Waals surface area (Å²) < 4.78 is 0.949. The van der Waals surface area contributed by atoms with Crippen molar-refractivity contribution in [2.75, 3.05) is 45.7 Å². The van der Waals surface area contributed by atoms with Crippen LogP contribution in [0.4, 0.5) is 17.1 Å². The molecular weight excluding hydrogens is 480 g/mol. The highest BCUT2D eigenvalue weighted by atomic mass is 15.3. The van der Waals surface area contributed by atoms with Crippen LogP contribution in [0.25, 0.3) is 11.1 Å². The van der Waals surface area contributed by atoms with Gasteiger partial charge in [-0.2, -0.15) is 15.3 Å². The quantitative estimate of drug-likeness (QED) is 0.0868. The Hall–Kier alpha value is -4.42. The minimum Gasteiger partial charge on any atom is -0.366 e. The van der Waals surface area contributed by atoms with Crippen molar-refractivity contribution in [3.05, 3.63) is 114 Å². The summed E-state index contributed by atoms with van der Waals surface area (Å²) in [6.07, 6.45) is 1.77. The first-order chi connectivity index (χ1) is 18.9. The molecule has 0 bridgehead atoms. The molecule has 5 rings (SSSR count). The fourth-order valence-electron chi connectivity index (χ4n) is 4.62. The lowest BCUT2D eigenvalue weighted by Crippen LogP contribution is -2.42. The Morgan fingerprint density at radius 1 is 0.667 bits per heavy atom. The number of fused-ring (bicyclic) bond motifs is 3. The van der Waals surface area contributed by atoms with E-state index in [4.69, 9.17) is 0 Å². The standard InChI is InChI=1S/C33H35N6/c1-5-38(22-23-39(2,3)4)28-20-18-27(19-21-28)36-35-26-16-14-25(15-17-26)24-34-37-33-31-12-8-6-10-29(31)30-11-7-9-13-32(30)33/h6-21,24H,5,22-23H2,1-4H3/q+1. The van der Waals surface area contributed by atoms with E-state index in [1.54, 1.807) is 6.21 Å². The van der Waals surface area contributed by atoms with Gasteiger partial charge in [0.05, 0.1) is 51.8 Å². The highest BCUT2D eigenvalue weighted by molar-refractivity contribution is 6.24. The molecule has 196 valence electrons. The van der Waals surface area contributed by atoms with Gasteiger partial charge < -0.3 is 9.38 Å². The topological polar surface area (TPSA) is 52.7 Å². The molecule has 0 saturated heterocycles. The van der Waals surface area contributed by atoms with Crippen LogP contribution in [0.3, 0.4) is 0 Å². The van der Waals surface area contributed by atoms with Crippen LogP contribution in [0, 0.1) is 0 Å². The van der Waals surface area contributed by atoms with Crippen LogP contribution in [0.5, 0.6) is 0 Å². The predicted molar refractivity (Wildman–Crippen MR) is 163 cm³/mol. The third-order valence-corrected chi connectivity index (χ3v) is 6.83. The Balaban J connectivity index is 1.23. The molecule has 1 aliphatic rings. The molecule has 0 heterocycles. The van der Waals surface area contributed by atoms with Crippen molar-refractivity contribution in [2.45, 2.75) is 6.92 Å². The SMILES string of the molecule is CCN(CC[N+](C)(C)C)c1ccc(N=Nc2ccc(C=NN=C3c4ccccc4-c4ccccc43)cc2)cc1. The molecule has 0 atom stereocenters.